The normalized spacial score (nSPS) is 10.7. The predicted molar refractivity (Wildman–Crippen MR) is 140 cm³/mol. The number of nitrogens with one attached hydrogen (secondary N) is 1. The van der Waals surface area contributed by atoms with Gasteiger partial charge in [0, 0.05) is 10.6 Å². The van der Waals surface area contributed by atoms with E-state index in [-0.39, 0.29) is 5.91 Å². The van der Waals surface area contributed by atoms with Gasteiger partial charge in [0.2, 0.25) is 0 Å². The third kappa shape index (κ3) is 6.81. The monoisotopic (exact) mass is 498 g/mol. The molecule has 7 heteroatoms. The predicted octanol–water partition coefficient (Wildman–Crippen LogP) is 6.21. The Labute approximate surface area is 214 Å². The molecule has 0 heterocycles. The summed E-state index contributed by atoms with van der Waals surface area (Å²) in [7, 11) is 0. The van der Waals surface area contributed by atoms with E-state index < -0.39 is 5.97 Å². The summed E-state index contributed by atoms with van der Waals surface area (Å²) in [5.41, 5.74) is 6.04. The number of amides is 1. The fourth-order valence-electron chi connectivity index (χ4n) is 3.27. The van der Waals surface area contributed by atoms with Gasteiger partial charge in [0.25, 0.3) is 5.91 Å². The highest BCUT2D eigenvalue weighted by Crippen LogP contribution is 2.17. The smallest absolute Gasteiger partial charge is 0.343 e. The molecule has 6 nitrogen and oxygen atoms in total. The van der Waals surface area contributed by atoms with Crippen LogP contribution in [0.5, 0.6) is 11.5 Å². The number of hydrazone groups is 1. The van der Waals surface area contributed by atoms with Crippen LogP contribution in [0.1, 0.15) is 37.4 Å². The number of aryl methyl sites for hydroxylation is 1. The van der Waals surface area contributed by atoms with Crippen molar-refractivity contribution in [1.82, 2.24) is 5.43 Å². The summed E-state index contributed by atoms with van der Waals surface area (Å²) in [4.78, 5) is 24.7. The molecule has 0 saturated carbocycles. The first-order valence-corrected chi connectivity index (χ1v) is 11.5. The van der Waals surface area contributed by atoms with Crippen LogP contribution >= 0.6 is 11.6 Å². The molecule has 4 aromatic carbocycles. The van der Waals surface area contributed by atoms with Crippen molar-refractivity contribution in [3.05, 3.63) is 130 Å². The zero-order valence-corrected chi connectivity index (χ0v) is 20.2. The number of halogens is 1. The van der Waals surface area contributed by atoms with Crippen molar-refractivity contribution >= 4 is 29.7 Å². The minimum atomic E-state index is -0.414. The summed E-state index contributed by atoms with van der Waals surface area (Å²) in [6.07, 6.45) is 1.51. The average Bonchev–Trinajstić information content (AvgIpc) is 2.90. The van der Waals surface area contributed by atoms with Crippen molar-refractivity contribution in [3.63, 3.8) is 0 Å². The molecule has 0 unspecified atom stereocenters. The van der Waals surface area contributed by atoms with Crippen molar-refractivity contribution in [2.24, 2.45) is 5.10 Å². The summed E-state index contributed by atoms with van der Waals surface area (Å²) < 4.78 is 11.2. The molecule has 0 atom stereocenters. The van der Waals surface area contributed by atoms with Crippen LogP contribution < -0.4 is 14.9 Å². The highest BCUT2D eigenvalue weighted by atomic mass is 35.5. The van der Waals surface area contributed by atoms with E-state index in [1.165, 1.54) is 6.21 Å². The van der Waals surface area contributed by atoms with E-state index in [1.54, 1.807) is 60.7 Å². The zero-order chi connectivity index (χ0) is 25.3. The Hall–Kier alpha value is -4.42. The first kappa shape index (κ1) is 24.7. The van der Waals surface area contributed by atoms with Crippen LogP contribution in [-0.4, -0.2) is 18.1 Å². The molecule has 180 valence electrons. The second-order valence-corrected chi connectivity index (χ2v) is 8.35. The Morgan fingerprint density at radius 3 is 2.22 bits per heavy atom. The van der Waals surface area contributed by atoms with E-state index in [4.69, 9.17) is 21.1 Å². The molecule has 0 bridgehead atoms. The van der Waals surface area contributed by atoms with Gasteiger partial charge in [-0.05, 0) is 90.3 Å². The molecule has 0 fully saturated rings. The maximum atomic E-state index is 12.4. The molecule has 0 saturated heterocycles. The summed E-state index contributed by atoms with van der Waals surface area (Å²) >= 11 is 5.89. The van der Waals surface area contributed by atoms with Crippen molar-refractivity contribution in [3.8, 4) is 11.5 Å². The van der Waals surface area contributed by atoms with E-state index in [0.29, 0.717) is 34.3 Å². The lowest BCUT2D eigenvalue weighted by Crippen LogP contribution is -2.17. The first-order valence-electron chi connectivity index (χ1n) is 11.2. The second-order valence-electron chi connectivity index (χ2n) is 7.91. The molecular formula is C29H23ClN2O4. The number of ether oxygens (including phenoxy) is 2. The van der Waals surface area contributed by atoms with Crippen molar-refractivity contribution < 1.29 is 19.1 Å². The highest BCUT2D eigenvalue weighted by molar-refractivity contribution is 6.30. The van der Waals surface area contributed by atoms with Gasteiger partial charge in [-0.1, -0.05) is 41.9 Å². The molecule has 36 heavy (non-hydrogen) atoms. The molecule has 0 aliphatic carbocycles. The minimum absolute atomic E-state index is 0.348. The highest BCUT2D eigenvalue weighted by Gasteiger charge is 2.10. The van der Waals surface area contributed by atoms with Crippen LogP contribution in [-0.2, 0) is 6.61 Å². The summed E-state index contributed by atoms with van der Waals surface area (Å²) in [6, 6.07) is 28.3. The standard InChI is InChI=1S/C29H23ClN2O4/c1-20-4-2-3-5-27(20)29(34)36-26-14-8-21(9-15-26)18-31-32-28(33)23-10-16-25(17-11-23)35-19-22-6-12-24(30)13-7-22/h2-18H,19H2,1H3,(H,32,33)/b31-18-. The number of carbonyl (C=O) groups is 2. The lowest BCUT2D eigenvalue weighted by atomic mass is 10.1. The molecule has 0 aromatic heterocycles. The molecule has 4 aromatic rings. The number of esters is 1. The topological polar surface area (TPSA) is 77.0 Å². The van der Waals surface area contributed by atoms with Crippen LogP contribution in [0.4, 0.5) is 0 Å². The fraction of sp³-hybridized carbons (Fsp3) is 0.0690. The molecule has 1 amide bonds. The molecule has 0 aliphatic heterocycles. The lowest BCUT2D eigenvalue weighted by molar-refractivity contribution is 0.0733. The van der Waals surface area contributed by atoms with Crippen LogP contribution in [0.3, 0.4) is 0 Å². The number of hydrogen-bond acceptors (Lipinski definition) is 5. The maximum absolute atomic E-state index is 12.4. The molecule has 0 aliphatic rings. The van der Waals surface area contributed by atoms with Crippen LogP contribution in [0.25, 0.3) is 0 Å². The van der Waals surface area contributed by atoms with Crippen molar-refractivity contribution in [2.45, 2.75) is 13.5 Å². The number of nitrogens with zero attached hydrogens (tertiary/aromatic N) is 1. The molecule has 0 spiro atoms. The van der Waals surface area contributed by atoms with Crippen molar-refractivity contribution in [2.75, 3.05) is 0 Å². The van der Waals surface area contributed by atoms with Gasteiger partial charge in [0.1, 0.15) is 18.1 Å². The molecular weight excluding hydrogens is 476 g/mol. The number of hydrogen-bond donors (Lipinski definition) is 1. The third-order valence-corrected chi connectivity index (χ3v) is 5.52. The summed E-state index contributed by atoms with van der Waals surface area (Å²) in [6.45, 7) is 2.26. The van der Waals surface area contributed by atoms with Crippen LogP contribution in [0, 0.1) is 6.92 Å². The summed E-state index contributed by atoms with van der Waals surface area (Å²) in [5, 5.41) is 4.67. The first-order chi connectivity index (χ1) is 17.5. The van der Waals surface area contributed by atoms with E-state index in [1.807, 2.05) is 43.3 Å². The largest absolute Gasteiger partial charge is 0.489 e. The zero-order valence-electron chi connectivity index (χ0n) is 19.5. The van der Waals surface area contributed by atoms with Crippen LogP contribution in [0.2, 0.25) is 5.02 Å². The number of rotatable bonds is 8. The Bertz CT molecular complexity index is 1370. The third-order valence-electron chi connectivity index (χ3n) is 5.27. The minimum Gasteiger partial charge on any atom is -0.489 e. The Morgan fingerprint density at radius 1 is 0.861 bits per heavy atom. The number of carbonyl (C=O) groups excluding carboxylic acids is 2. The molecule has 1 N–H and O–H groups in total. The van der Waals surface area contributed by atoms with Gasteiger partial charge < -0.3 is 9.47 Å². The van der Waals surface area contributed by atoms with Gasteiger partial charge >= 0.3 is 5.97 Å². The average molecular weight is 499 g/mol. The van der Waals surface area contributed by atoms with Gasteiger partial charge in [-0.2, -0.15) is 5.10 Å². The summed E-state index contributed by atoms with van der Waals surface area (Å²) in [5.74, 6) is 0.304. The second kappa shape index (κ2) is 11.8. The Balaban J connectivity index is 1.26. The van der Waals surface area contributed by atoms with Gasteiger partial charge in [0.15, 0.2) is 0 Å². The molecule has 0 radical (unpaired) electrons. The molecule has 4 rings (SSSR count). The van der Waals surface area contributed by atoms with E-state index in [2.05, 4.69) is 10.5 Å². The van der Waals surface area contributed by atoms with E-state index in [9.17, 15) is 9.59 Å². The van der Waals surface area contributed by atoms with E-state index in [0.717, 1.165) is 16.7 Å². The SMILES string of the molecule is Cc1ccccc1C(=O)Oc1ccc(/C=N\NC(=O)c2ccc(OCc3ccc(Cl)cc3)cc2)cc1. The number of benzene rings is 4. The van der Waals surface area contributed by atoms with Gasteiger partial charge in [-0.3, -0.25) is 4.79 Å². The van der Waals surface area contributed by atoms with Gasteiger partial charge in [-0.25, -0.2) is 10.2 Å². The fourth-order valence-corrected chi connectivity index (χ4v) is 3.39. The van der Waals surface area contributed by atoms with Crippen molar-refractivity contribution in [1.29, 1.82) is 0 Å². The van der Waals surface area contributed by atoms with Gasteiger partial charge in [-0.15, -0.1) is 0 Å². The Morgan fingerprint density at radius 2 is 1.53 bits per heavy atom. The van der Waals surface area contributed by atoms with Crippen LogP contribution in [0.15, 0.2) is 102 Å². The maximum Gasteiger partial charge on any atom is 0.343 e. The quantitative estimate of drug-likeness (QED) is 0.135. The van der Waals surface area contributed by atoms with Gasteiger partial charge in [0.05, 0.1) is 11.8 Å². The van der Waals surface area contributed by atoms with E-state index >= 15 is 0 Å². The Kier molecular flexibility index (Phi) is 8.11. The lowest BCUT2D eigenvalue weighted by Gasteiger charge is -2.07.